The Morgan fingerprint density at radius 2 is 1.83 bits per heavy atom. The number of hydrogen-bond donors (Lipinski definition) is 1. The van der Waals surface area contributed by atoms with E-state index in [9.17, 15) is 4.79 Å². The first-order chi connectivity index (χ1) is 11.4. The third kappa shape index (κ3) is 5.96. The Kier molecular flexibility index (Phi) is 6.90. The van der Waals surface area contributed by atoms with Crippen LogP contribution in [0.25, 0.3) is 0 Å². The molecule has 0 spiro atoms. The van der Waals surface area contributed by atoms with Gasteiger partial charge in [-0.3, -0.25) is 4.90 Å². The van der Waals surface area contributed by atoms with Crippen molar-refractivity contribution < 1.29 is 14.7 Å². The average molecular weight is 339 g/mol. The molecule has 1 unspecified atom stereocenters. The molecule has 1 saturated heterocycles. The van der Waals surface area contributed by atoms with Crippen molar-refractivity contribution in [2.24, 2.45) is 11.1 Å². The van der Waals surface area contributed by atoms with Gasteiger partial charge in [-0.05, 0) is 33.1 Å². The molecule has 1 N–H and O–H groups in total. The molecule has 0 aromatic heterocycles. The molecule has 1 aliphatic heterocycles. The number of oxime groups is 1. The first kappa shape index (κ1) is 19.0. The SMILES string of the molecule is CC(C)(C)OC(=O)N1CCN(C(/C=N/O)CC2CCCCC2)CC1. The lowest BCUT2D eigenvalue weighted by molar-refractivity contribution is 0.0120. The molecule has 0 aromatic rings. The first-order valence-corrected chi connectivity index (χ1v) is 9.28. The van der Waals surface area contributed by atoms with E-state index in [1.807, 2.05) is 20.8 Å². The van der Waals surface area contributed by atoms with Gasteiger partial charge in [0.2, 0.25) is 0 Å². The molecular formula is C18H33N3O3. The van der Waals surface area contributed by atoms with E-state index in [2.05, 4.69) is 10.1 Å². The van der Waals surface area contributed by atoms with E-state index < -0.39 is 5.60 Å². The molecule has 0 aromatic carbocycles. The Labute approximate surface area is 145 Å². The van der Waals surface area contributed by atoms with E-state index in [1.54, 1.807) is 11.1 Å². The van der Waals surface area contributed by atoms with Crippen molar-refractivity contribution in [3.05, 3.63) is 0 Å². The highest BCUT2D eigenvalue weighted by Crippen LogP contribution is 2.28. The van der Waals surface area contributed by atoms with Gasteiger partial charge in [0.25, 0.3) is 0 Å². The summed E-state index contributed by atoms with van der Waals surface area (Å²) in [6.07, 6.45) is 9.04. The third-order valence-corrected chi connectivity index (χ3v) is 4.97. The summed E-state index contributed by atoms with van der Waals surface area (Å²) >= 11 is 0. The molecule has 6 nitrogen and oxygen atoms in total. The normalized spacial score (nSPS) is 22.7. The Balaban J connectivity index is 1.84. The van der Waals surface area contributed by atoms with Crippen LogP contribution in [0.2, 0.25) is 0 Å². The molecule has 24 heavy (non-hydrogen) atoms. The van der Waals surface area contributed by atoms with Crippen LogP contribution in [-0.2, 0) is 4.74 Å². The molecule has 1 atom stereocenters. The second-order valence-corrected chi connectivity index (χ2v) is 8.07. The third-order valence-electron chi connectivity index (χ3n) is 4.97. The molecule has 1 aliphatic carbocycles. The van der Waals surface area contributed by atoms with Gasteiger partial charge >= 0.3 is 6.09 Å². The van der Waals surface area contributed by atoms with Crippen molar-refractivity contribution in [1.29, 1.82) is 0 Å². The average Bonchev–Trinajstić information content (AvgIpc) is 2.54. The molecule has 0 bridgehead atoms. The van der Waals surface area contributed by atoms with Crippen molar-refractivity contribution in [3.63, 3.8) is 0 Å². The smallest absolute Gasteiger partial charge is 0.410 e. The number of ether oxygens (including phenoxy) is 1. The quantitative estimate of drug-likeness (QED) is 0.485. The van der Waals surface area contributed by atoms with Gasteiger partial charge in [-0.1, -0.05) is 32.1 Å². The Hall–Kier alpha value is -1.30. The van der Waals surface area contributed by atoms with Gasteiger partial charge in [-0.15, -0.1) is 5.16 Å². The summed E-state index contributed by atoms with van der Waals surface area (Å²) in [5.74, 6) is 0.727. The molecule has 6 heteroatoms. The summed E-state index contributed by atoms with van der Waals surface area (Å²) in [4.78, 5) is 16.3. The molecule has 1 heterocycles. The van der Waals surface area contributed by atoms with Gasteiger partial charge in [0, 0.05) is 32.2 Å². The van der Waals surface area contributed by atoms with Gasteiger partial charge in [0.1, 0.15) is 5.60 Å². The molecule has 2 aliphatic rings. The van der Waals surface area contributed by atoms with Crippen molar-refractivity contribution in [2.45, 2.75) is 70.9 Å². The number of carbonyl (C=O) groups is 1. The minimum atomic E-state index is -0.457. The van der Waals surface area contributed by atoms with Gasteiger partial charge in [-0.25, -0.2) is 4.79 Å². The van der Waals surface area contributed by atoms with Gasteiger partial charge < -0.3 is 14.8 Å². The first-order valence-electron chi connectivity index (χ1n) is 9.28. The molecule has 0 radical (unpaired) electrons. The summed E-state index contributed by atoms with van der Waals surface area (Å²) in [5, 5.41) is 12.3. The number of hydrogen-bond acceptors (Lipinski definition) is 5. The summed E-state index contributed by atoms with van der Waals surface area (Å²) in [6, 6.07) is 0.166. The number of nitrogens with zero attached hydrogens (tertiary/aromatic N) is 3. The van der Waals surface area contributed by atoms with Crippen molar-refractivity contribution >= 4 is 12.3 Å². The molecule has 1 saturated carbocycles. The van der Waals surface area contributed by atoms with E-state index >= 15 is 0 Å². The maximum Gasteiger partial charge on any atom is 0.410 e. The highest BCUT2D eigenvalue weighted by Gasteiger charge is 2.29. The van der Waals surface area contributed by atoms with E-state index in [0.29, 0.717) is 13.1 Å². The summed E-state index contributed by atoms with van der Waals surface area (Å²) in [7, 11) is 0. The van der Waals surface area contributed by atoms with Crippen molar-refractivity contribution in [3.8, 4) is 0 Å². The van der Waals surface area contributed by atoms with E-state index in [-0.39, 0.29) is 12.1 Å². The summed E-state index contributed by atoms with van der Waals surface area (Å²) < 4.78 is 5.44. The van der Waals surface area contributed by atoms with Gasteiger partial charge in [0.15, 0.2) is 0 Å². The van der Waals surface area contributed by atoms with E-state index in [0.717, 1.165) is 25.4 Å². The van der Waals surface area contributed by atoms with Gasteiger partial charge in [-0.2, -0.15) is 0 Å². The number of piperazine rings is 1. The van der Waals surface area contributed by atoms with Crippen LogP contribution in [0.15, 0.2) is 5.16 Å². The number of carbonyl (C=O) groups excluding carboxylic acids is 1. The lowest BCUT2D eigenvalue weighted by atomic mass is 9.84. The van der Waals surface area contributed by atoms with Crippen LogP contribution < -0.4 is 0 Å². The maximum absolute atomic E-state index is 12.2. The fourth-order valence-corrected chi connectivity index (χ4v) is 3.71. The van der Waals surface area contributed by atoms with Crippen molar-refractivity contribution in [1.82, 2.24) is 9.80 Å². The highest BCUT2D eigenvalue weighted by molar-refractivity contribution is 5.68. The lowest BCUT2D eigenvalue weighted by Crippen LogP contribution is -2.53. The number of rotatable bonds is 4. The Bertz CT molecular complexity index is 420. The van der Waals surface area contributed by atoms with E-state index in [1.165, 1.54) is 32.1 Å². The predicted octanol–water partition coefficient (Wildman–Crippen LogP) is 3.34. The Morgan fingerprint density at radius 3 is 2.38 bits per heavy atom. The van der Waals surface area contributed by atoms with Crippen LogP contribution in [-0.4, -0.2) is 65.1 Å². The highest BCUT2D eigenvalue weighted by atomic mass is 16.6. The zero-order valence-corrected chi connectivity index (χ0v) is 15.4. The van der Waals surface area contributed by atoms with Crippen LogP contribution in [0.1, 0.15) is 59.3 Å². The van der Waals surface area contributed by atoms with Crippen LogP contribution in [0.3, 0.4) is 0 Å². The summed E-state index contributed by atoms with van der Waals surface area (Å²) in [6.45, 7) is 8.58. The zero-order chi connectivity index (χ0) is 17.6. The largest absolute Gasteiger partial charge is 0.444 e. The van der Waals surface area contributed by atoms with E-state index in [4.69, 9.17) is 9.94 Å². The summed E-state index contributed by atoms with van der Waals surface area (Å²) in [5.41, 5.74) is -0.457. The molecule has 1 amide bonds. The molecule has 2 rings (SSSR count). The van der Waals surface area contributed by atoms with Gasteiger partial charge in [0.05, 0.1) is 6.21 Å². The number of amides is 1. The second kappa shape index (κ2) is 8.70. The monoisotopic (exact) mass is 339 g/mol. The Morgan fingerprint density at radius 1 is 1.21 bits per heavy atom. The zero-order valence-electron chi connectivity index (χ0n) is 15.4. The molecule has 2 fully saturated rings. The maximum atomic E-state index is 12.2. The van der Waals surface area contributed by atoms with Crippen LogP contribution in [0.5, 0.6) is 0 Å². The van der Waals surface area contributed by atoms with Crippen molar-refractivity contribution in [2.75, 3.05) is 26.2 Å². The lowest BCUT2D eigenvalue weighted by Gasteiger charge is -2.39. The minimum Gasteiger partial charge on any atom is -0.444 e. The predicted molar refractivity (Wildman–Crippen MR) is 94.6 cm³/mol. The molecular weight excluding hydrogens is 306 g/mol. The minimum absolute atomic E-state index is 0.166. The second-order valence-electron chi connectivity index (χ2n) is 8.07. The molecule has 138 valence electrons. The fraction of sp³-hybridized carbons (Fsp3) is 0.889. The fourth-order valence-electron chi connectivity index (χ4n) is 3.71. The topological polar surface area (TPSA) is 65.4 Å². The van der Waals surface area contributed by atoms with Crippen LogP contribution in [0.4, 0.5) is 4.79 Å². The van der Waals surface area contributed by atoms with Crippen LogP contribution >= 0.6 is 0 Å². The van der Waals surface area contributed by atoms with Crippen LogP contribution in [0, 0.1) is 5.92 Å². The standard InChI is InChI=1S/C18H33N3O3/c1-18(2,3)24-17(22)21-11-9-20(10-12-21)16(14-19-23)13-15-7-5-4-6-8-15/h14-16,23H,4-13H2,1-3H3/b19-14+.